The van der Waals surface area contributed by atoms with Gasteiger partial charge in [0.05, 0.1) is 0 Å². The number of oxime groups is 1. The van der Waals surface area contributed by atoms with Gasteiger partial charge < -0.3 is 9.25 Å². The summed E-state index contributed by atoms with van der Waals surface area (Å²) in [5.41, 5.74) is 1.08. The molecule has 0 unspecified atom stereocenters. The van der Waals surface area contributed by atoms with Crippen LogP contribution in [0.5, 0.6) is 0 Å². The zero-order valence-corrected chi connectivity index (χ0v) is 12.7. The smallest absolute Gasteiger partial charge is 0.165 e. The minimum Gasteiger partial charge on any atom is -0.448 e. The number of hydrogen-bond donors (Lipinski definition) is 0. The van der Waals surface area contributed by atoms with Crippen molar-refractivity contribution in [2.45, 2.75) is 16.6 Å². The van der Waals surface area contributed by atoms with Gasteiger partial charge in [-0.15, -0.1) is 0 Å². The summed E-state index contributed by atoms with van der Waals surface area (Å²) in [4.78, 5) is 6.39. The fraction of sp³-hybridized carbons (Fsp3) is 0.0556. The Bertz CT molecular complexity index is 723. The number of rotatable bonds is 6. The van der Waals surface area contributed by atoms with E-state index in [2.05, 4.69) is 5.16 Å². The molecule has 0 atom stereocenters. The molecule has 0 fully saturated rings. The lowest BCUT2D eigenvalue weighted by molar-refractivity contribution is 0.131. The van der Waals surface area contributed by atoms with Crippen LogP contribution in [-0.4, -0.2) is 6.21 Å². The summed E-state index contributed by atoms with van der Waals surface area (Å²) in [7, 11) is 0. The molecule has 0 saturated carbocycles. The van der Waals surface area contributed by atoms with Gasteiger partial charge in [-0.2, -0.15) is 0 Å². The highest BCUT2D eigenvalue weighted by atomic mass is 32.2. The topological polar surface area (TPSA) is 34.7 Å². The van der Waals surface area contributed by atoms with Gasteiger partial charge in [0, 0.05) is 4.90 Å². The molecule has 110 valence electrons. The van der Waals surface area contributed by atoms with E-state index < -0.39 is 0 Å². The molecular weight excluding hydrogens is 294 g/mol. The first kappa shape index (κ1) is 14.5. The van der Waals surface area contributed by atoms with Crippen molar-refractivity contribution in [3.63, 3.8) is 0 Å². The Morgan fingerprint density at radius 3 is 2.41 bits per heavy atom. The van der Waals surface area contributed by atoms with Crippen LogP contribution in [0.1, 0.15) is 11.3 Å². The molecule has 4 heteroatoms. The van der Waals surface area contributed by atoms with Gasteiger partial charge in [-0.05, 0) is 29.8 Å². The van der Waals surface area contributed by atoms with E-state index in [-0.39, 0.29) is 0 Å². The maximum absolute atomic E-state index is 5.67. The van der Waals surface area contributed by atoms with Crippen LogP contribution in [0.15, 0.2) is 92.4 Å². The second-order valence-electron chi connectivity index (χ2n) is 4.57. The minimum absolute atomic E-state index is 0.448. The van der Waals surface area contributed by atoms with Gasteiger partial charge in [0.15, 0.2) is 5.09 Å². The average molecular weight is 309 g/mol. The predicted octanol–water partition coefficient (Wildman–Crippen LogP) is 4.98. The van der Waals surface area contributed by atoms with Crippen LogP contribution in [-0.2, 0) is 11.4 Å². The summed E-state index contributed by atoms with van der Waals surface area (Å²) in [6, 6.07) is 23.8. The molecule has 0 aliphatic carbocycles. The second-order valence-corrected chi connectivity index (χ2v) is 5.64. The SMILES string of the molecule is C(=N\OCc1ccccc1)/c1ccc(Sc2ccccc2)o1. The molecule has 1 aromatic heterocycles. The number of furan rings is 1. The van der Waals surface area contributed by atoms with Crippen molar-refractivity contribution >= 4 is 18.0 Å². The lowest BCUT2D eigenvalue weighted by Crippen LogP contribution is -1.86. The van der Waals surface area contributed by atoms with Crippen molar-refractivity contribution < 1.29 is 9.25 Å². The Morgan fingerprint density at radius 2 is 1.64 bits per heavy atom. The molecule has 3 rings (SSSR count). The maximum Gasteiger partial charge on any atom is 0.165 e. The predicted molar refractivity (Wildman–Crippen MR) is 88.1 cm³/mol. The van der Waals surface area contributed by atoms with E-state index in [9.17, 15) is 0 Å². The molecule has 0 radical (unpaired) electrons. The Balaban J connectivity index is 1.52. The first-order valence-electron chi connectivity index (χ1n) is 6.92. The zero-order chi connectivity index (χ0) is 15.0. The van der Waals surface area contributed by atoms with Gasteiger partial charge in [0.1, 0.15) is 18.6 Å². The summed E-state index contributed by atoms with van der Waals surface area (Å²) >= 11 is 1.58. The third-order valence-electron chi connectivity index (χ3n) is 2.89. The Hall–Kier alpha value is -2.46. The lowest BCUT2D eigenvalue weighted by Gasteiger charge is -1.98. The van der Waals surface area contributed by atoms with Crippen molar-refractivity contribution in [3.8, 4) is 0 Å². The van der Waals surface area contributed by atoms with Crippen LogP contribution in [0.2, 0.25) is 0 Å². The second kappa shape index (κ2) is 7.52. The molecular formula is C18H15NO2S. The summed E-state index contributed by atoms with van der Waals surface area (Å²) in [5.74, 6) is 0.673. The van der Waals surface area contributed by atoms with E-state index in [1.165, 1.54) is 0 Å². The summed E-state index contributed by atoms with van der Waals surface area (Å²) in [5, 5.41) is 4.76. The van der Waals surface area contributed by atoms with Gasteiger partial charge in [-0.3, -0.25) is 0 Å². The molecule has 0 aliphatic rings. The average Bonchev–Trinajstić information content (AvgIpc) is 3.01. The standard InChI is InChI=1S/C18H15NO2S/c1-3-7-15(8-4-1)14-20-19-13-16-11-12-18(21-16)22-17-9-5-2-6-10-17/h1-13H,14H2/b19-13+. The molecule has 1 heterocycles. The fourth-order valence-electron chi connectivity index (χ4n) is 1.84. The van der Waals surface area contributed by atoms with E-state index >= 15 is 0 Å². The van der Waals surface area contributed by atoms with Crippen LogP contribution in [0, 0.1) is 0 Å². The van der Waals surface area contributed by atoms with Crippen molar-refractivity contribution in [2.24, 2.45) is 5.16 Å². The highest BCUT2D eigenvalue weighted by molar-refractivity contribution is 7.99. The van der Waals surface area contributed by atoms with Crippen LogP contribution in [0.4, 0.5) is 0 Å². The van der Waals surface area contributed by atoms with Crippen molar-refractivity contribution in [1.82, 2.24) is 0 Å². The molecule has 0 spiro atoms. The molecule has 0 amide bonds. The monoisotopic (exact) mass is 309 g/mol. The van der Waals surface area contributed by atoms with Crippen LogP contribution in [0.25, 0.3) is 0 Å². The number of benzene rings is 2. The van der Waals surface area contributed by atoms with E-state index in [4.69, 9.17) is 9.25 Å². The third kappa shape index (κ3) is 4.27. The molecule has 3 nitrogen and oxygen atoms in total. The number of nitrogens with zero attached hydrogens (tertiary/aromatic N) is 1. The van der Waals surface area contributed by atoms with Gasteiger partial charge >= 0.3 is 0 Å². The molecule has 0 bridgehead atoms. The molecule has 0 saturated heterocycles. The summed E-state index contributed by atoms with van der Waals surface area (Å²) in [6.45, 7) is 0.448. The van der Waals surface area contributed by atoms with Crippen molar-refractivity contribution in [1.29, 1.82) is 0 Å². The first-order valence-corrected chi connectivity index (χ1v) is 7.74. The lowest BCUT2D eigenvalue weighted by atomic mass is 10.2. The zero-order valence-electron chi connectivity index (χ0n) is 11.9. The Kier molecular flexibility index (Phi) is 4.95. The molecule has 22 heavy (non-hydrogen) atoms. The summed E-state index contributed by atoms with van der Waals surface area (Å²) in [6.07, 6.45) is 1.58. The van der Waals surface area contributed by atoms with E-state index in [1.807, 2.05) is 72.8 Å². The highest BCUT2D eigenvalue weighted by Crippen LogP contribution is 2.28. The van der Waals surface area contributed by atoms with Gasteiger partial charge in [0.25, 0.3) is 0 Å². The van der Waals surface area contributed by atoms with E-state index in [0.29, 0.717) is 12.4 Å². The number of hydrogen-bond acceptors (Lipinski definition) is 4. The first-order chi connectivity index (χ1) is 10.9. The van der Waals surface area contributed by atoms with Gasteiger partial charge in [-0.25, -0.2) is 0 Å². The maximum atomic E-state index is 5.67. The van der Waals surface area contributed by atoms with Crippen molar-refractivity contribution in [2.75, 3.05) is 0 Å². The van der Waals surface area contributed by atoms with Gasteiger partial charge in [-0.1, -0.05) is 65.4 Å². The van der Waals surface area contributed by atoms with E-state index in [1.54, 1.807) is 18.0 Å². The van der Waals surface area contributed by atoms with Gasteiger partial charge in [0.2, 0.25) is 0 Å². The molecule has 3 aromatic rings. The molecule has 0 aliphatic heterocycles. The highest BCUT2D eigenvalue weighted by Gasteiger charge is 2.02. The van der Waals surface area contributed by atoms with Crippen molar-refractivity contribution in [3.05, 3.63) is 84.1 Å². The molecule has 0 N–H and O–H groups in total. The quantitative estimate of drug-likeness (QED) is 0.475. The third-order valence-corrected chi connectivity index (χ3v) is 3.82. The van der Waals surface area contributed by atoms with Crippen LogP contribution < -0.4 is 0 Å². The van der Waals surface area contributed by atoms with Crippen LogP contribution in [0.3, 0.4) is 0 Å². The Morgan fingerprint density at radius 1 is 0.909 bits per heavy atom. The largest absolute Gasteiger partial charge is 0.448 e. The Labute approximate surface area is 133 Å². The fourth-order valence-corrected chi connectivity index (χ4v) is 2.64. The van der Waals surface area contributed by atoms with E-state index in [0.717, 1.165) is 15.6 Å². The minimum atomic E-state index is 0.448. The normalized spacial score (nSPS) is 10.9. The van der Waals surface area contributed by atoms with Crippen LogP contribution >= 0.6 is 11.8 Å². The molecule has 2 aromatic carbocycles. The summed E-state index contributed by atoms with van der Waals surface area (Å²) < 4.78 is 5.67.